The Morgan fingerprint density at radius 3 is 2.66 bits per heavy atom. The lowest BCUT2D eigenvalue weighted by Gasteiger charge is -2.60. The zero-order chi connectivity index (χ0) is 19.6. The van der Waals surface area contributed by atoms with Crippen LogP contribution in [0.25, 0.3) is 0 Å². The Labute approximate surface area is 178 Å². The van der Waals surface area contributed by atoms with E-state index in [0.29, 0.717) is 29.4 Å². The predicted molar refractivity (Wildman–Crippen MR) is 108 cm³/mol. The molecule has 0 spiro atoms. The summed E-state index contributed by atoms with van der Waals surface area (Å²) in [6, 6.07) is 7.79. The predicted octanol–water partition coefficient (Wildman–Crippen LogP) is 4.81. The molecule has 29 heavy (non-hydrogen) atoms. The molecule has 8 heteroatoms. The molecule has 150 valence electrons. The van der Waals surface area contributed by atoms with Crippen LogP contribution in [-0.4, -0.2) is 25.0 Å². The molecule has 4 fully saturated rings. The van der Waals surface area contributed by atoms with Crippen LogP contribution in [0, 0.1) is 11.8 Å². The van der Waals surface area contributed by atoms with Gasteiger partial charge in [-0.1, -0.05) is 23.7 Å². The summed E-state index contributed by atoms with van der Waals surface area (Å²) in [5.74, 6) is 2.75. The monoisotopic (exact) mass is 429 g/mol. The average Bonchev–Trinajstić information content (AvgIpc) is 3.31. The van der Waals surface area contributed by atoms with E-state index >= 15 is 0 Å². The second-order valence-corrected chi connectivity index (χ2v) is 10.0. The number of hydrogen-bond acceptors (Lipinski definition) is 5. The van der Waals surface area contributed by atoms with Crippen molar-refractivity contribution < 1.29 is 4.42 Å². The second kappa shape index (κ2) is 6.29. The van der Waals surface area contributed by atoms with Crippen molar-refractivity contribution in [3.63, 3.8) is 0 Å². The Morgan fingerprint density at radius 2 is 1.93 bits per heavy atom. The van der Waals surface area contributed by atoms with Crippen molar-refractivity contribution in [1.82, 2.24) is 25.0 Å². The fourth-order valence-corrected chi connectivity index (χ4v) is 6.90. The van der Waals surface area contributed by atoms with Crippen LogP contribution in [0.15, 0.2) is 35.0 Å². The molecule has 2 atom stereocenters. The molecule has 2 aromatic heterocycles. The molecule has 4 bridgehead atoms. The van der Waals surface area contributed by atoms with Crippen molar-refractivity contribution >= 4 is 23.2 Å². The van der Waals surface area contributed by atoms with E-state index in [9.17, 15) is 0 Å². The third kappa shape index (κ3) is 2.91. The maximum atomic E-state index is 6.26. The molecule has 7 rings (SSSR count). The number of hydrogen-bond donors (Lipinski definition) is 0. The van der Waals surface area contributed by atoms with Gasteiger partial charge in [0.2, 0.25) is 17.1 Å². The van der Waals surface area contributed by atoms with E-state index < -0.39 is 0 Å². The van der Waals surface area contributed by atoms with Crippen LogP contribution in [0.5, 0.6) is 0 Å². The summed E-state index contributed by atoms with van der Waals surface area (Å²) < 4.78 is 8.28. The first kappa shape index (κ1) is 17.9. The third-order valence-electron chi connectivity index (χ3n) is 7.15. The normalized spacial score (nSPS) is 32.8. The van der Waals surface area contributed by atoms with E-state index in [1.807, 2.05) is 28.9 Å². The SMILES string of the molecule is Clc1cccc(Cc2nnc(C34CC5CC(C3)CC(n3cnc(Cl)n3)(C5)C4)o2)c1. The molecular formula is C21H21Cl2N5O. The van der Waals surface area contributed by atoms with Crippen LogP contribution >= 0.6 is 23.2 Å². The molecular weight excluding hydrogens is 409 g/mol. The number of aromatic nitrogens is 5. The van der Waals surface area contributed by atoms with Gasteiger partial charge in [0, 0.05) is 5.02 Å². The minimum absolute atomic E-state index is 0.0359. The largest absolute Gasteiger partial charge is 0.424 e. The maximum absolute atomic E-state index is 6.26. The number of benzene rings is 1. The van der Waals surface area contributed by atoms with Gasteiger partial charge in [0.15, 0.2) is 0 Å². The molecule has 4 aliphatic carbocycles. The third-order valence-corrected chi connectivity index (χ3v) is 7.55. The topological polar surface area (TPSA) is 69.6 Å². The Kier molecular flexibility index (Phi) is 3.88. The van der Waals surface area contributed by atoms with Crippen LogP contribution in [0.2, 0.25) is 10.3 Å². The van der Waals surface area contributed by atoms with E-state index in [1.165, 1.54) is 6.42 Å². The first-order valence-corrected chi connectivity index (χ1v) is 10.9. The molecule has 3 aromatic rings. The van der Waals surface area contributed by atoms with Crippen LogP contribution in [-0.2, 0) is 17.4 Å². The summed E-state index contributed by atoms with van der Waals surface area (Å²) in [4.78, 5) is 4.18. The van der Waals surface area contributed by atoms with Crippen molar-refractivity contribution in [3.8, 4) is 0 Å². The Morgan fingerprint density at radius 1 is 1.10 bits per heavy atom. The van der Waals surface area contributed by atoms with Crippen molar-refractivity contribution in [3.05, 3.63) is 58.2 Å². The van der Waals surface area contributed by atoms with E-state index in [4.69, 9.17) is 27.6 Å². The van der Waals surface area contributed by atoms with Crippen molar-refractivity contribution in [2.24, 2.45) is 11.8 Å². The number of nitrogens with zero attached hydrogens (tertiary/aromatic N) is 5. The summed E-state index contributed by atoms with van der Waals surface area (Å²) in [6.07, 6.45) is 9.14. The van der Waals surface area contributed by atoms with Crippen molar-refractivity contribution in [2.75, 3.05) is 0 Å². The zero-order valence-electron chi connectivity index (χ0n) is 15.9. The second-order valence-electron chi connectivity index (χ2n) is 9.23. The highest BCUT2D eigenvalue weighted by molar-refractivity contribution is 6.30. The summed E-state index contributed by atoms with van der Waals surface area (Å²) in [5.41, 5.74) is 0.973. The summed E-state index contributed by atoms with van der Waals surface area (Å²) in [5, 5.41) is 14.4. The molecule has 0 amide bonds. The lowest BCUT2D eigenvalue weighted by Crippen LogP contribution is -2.58. The summed E-state index contributed by atoms with van der Waals surface area (Å²) in [6.45, 7) is 0. The Bertz CT molecular complexity index is 1060. The number of halogens is 2. The summed E-state index contributed by atoms with van der Waals surface area (Å²) in [7, 11) is 0. The highest BCUT2D eigenvalue weighted by Crippen LogP contribution is 2.64. The van der Waals surface area contributed by atoms with Crippen molar-refractivity contribution in [1.29, 1.82) is 0 Å². The molecule has 1 aromatic carbocycles. The molecule has 0 aliphatic heterocycles. The quantitative estimate of drug-likeness (QED) is 0.595. The van der Waals surface area contributed by atoms with E-state index in [1.54, 1.807) is 6.33 Å². The highest BCUT2D eigenvalue weighted by atomic mass is 35.5. The fourth-order valence-electron chi connectivity index (χ4n) is 6.56. The van der Waals surface area contributed by atoms with Gasteiger partial charge < -0.3 is 4.42 Å². The van der Waals surface area contributed by atoms with Gasteiger partial charge in [0.25, 0.3) is 0 Å². The molecule has 0 saturated heterocycles. The lowest BCUT2D eigenvalue weighted by atomic mass is 9.47. The van der Waals surface area contributed by atoms with E-state index in [-0.39, 0.29) is 11.0 Å². The van der Waals surface area contributed by atoms with Gasteiger partial charge in [-0.05, 0) is 79.7 Å². The van der Waals surface area contributed by atoms with Crippen LogP contribution in [0.3, 0.4) is 0 Å². The van der Waals surface area contributed by atoms with Gasteiger partial charge >= 0.3 is 0 Å². The van der Waals surface area contributed by atoms with Crippen LogP contribution in [0.1, 0.15) is 55.9 Å². The van der Waals surface area contributed by atoms with Crippen LogP contribution in [0.4, 0.5) is 0 Å². The van der Waals surface area contributed by atoms with Gasteiger partial charge in [-0.15, -0.1) is 15.3 Å². The van der Waals surface area contributed by atoms with Gasteiger partial charge in [0.05, 0.1) is 17.4 Å². The standard InChI is InChI=1S/C21H21Cl2N5O/c22-16-3-1-2-13(5-16)6-17-25-26-18(29-17)20-7-14-4-15(8-20)10-21(9-14,11-20)28-12-24-19(23)27-28/h1-3,5,12,14-15H,4,6-11H2. The highest BCUT2D eigenvalue weighted by Gasteiger charge is 2.61. The molecule has 0 radical (unpaired) electrons. The van der Waals surface area contributed by atoms with Gasteiger partial charge in [-0.25, -0.2) is 9.67 Å². The van der Waals surface area contributed by atoms with E-state index in [2.05, 4.69) is 20.3 Å². The van der Waals surface area contributed by atoms with Gasteiger partial charge in [-0.2, -0.15) is 0 Å². The lowest BCUT2D eigenvalue weighted by molar-refractivity contribution is -0.0775. The number of rotatable bonds is 4. The molecule has 6 nitrogen and oxygen atoms in total. The smallest absolute Gasteiger partial charge is 0.242 e. The first-order chi connectivity index (χ1) is 14.0. The first-order valence-electron chi connectivity index (χ1n) is 10.2. The van der Waals surface area contributed by atoms with Gasteiger partial charge in [0.1, 0.15) is 6.33 Å². The van der Waals surface area contributed by atoms with E-state index in [0.717, 1.165) is 48.6 Å². The maximum Gasteiger partial charge on any atom is 0.242 e. The average molecular weight is 430 g/mol. The Balaban J connectivity index is 1.33. The van der Waals surface area contributed by atoms with Crippen molar-refractivity contribution in [2.45, 2.75) is 55.9 Å². The molecule has 4 saturated carbocycles. The zero-order valence-corrected chi connectivity index (χ0v) is 17.4. The molecule has 4 aliphatic rings. The van der Waals surface area contributed by atoms with Gasteiger partial charge in [-0.3, -0.25) is 0 Å². The fraction of sp³-hybridized carbons (Fsp3) is 0.524. The molecule has 2 unspecified atom stereocenters. The Hall–Kier alpha value is -1.92. The summed E-state index contributed by atoms with van der Waals surface area (Å²) >= 11 is 12.2. The minimum Gasteiger partial charge on any atom is -0.424 e. The molecule has 0 N–H and O–H groups in total. The molecule has 2 heterocycles. The minimum atomic E-state index is -0.0674. The van der Waals surface area contributed by atoms with Crippen LogP contribution < -0.4 is 0 Å².